The van der Waals surface area contributed by atoms with E-state index in [0.717, 1.165) is 4.31 Å². The molecule has 0 fully saturated rings. The summed E-state index contributed by atoms with van der Waals surface area (Å²) in [6, 6.07) is 12.4. The highest BCUT2D eigenvalue weighted by Crippen LogP contribution is 2.25. The van der Waals surface area contributed by atoms with Gasteiger partial charge in [-0.1, -0.05) is 28.9 Å². The average molecular weight is 449 g/mol. The Hall–Kier alpha value is -2.91. The minimum absolute atomic E-state index is 0.0129. The number of hydrogen-bond donors (Lipinski definition) is 1. The minimum Gasteiger partial charge on any atom is -0.352 e. The van der Waals surface area contributed by atoms with Crippen molar-refractivity contribution in [3.63, 3.8) is 0 Å². The lowest BCUT2D eigenvalue weighted by molar-refractivity contribution is 0.0952. The summed E-state index contributed by atoms with van der Waals surface area (Å²) in [4.78, 5) is 16.5. The van der Waals surface area contributed by atoms with Crippen molar-refractivity contribution < 1.29 is 17.7 Å². The molecule has 0 aliphatic rings. The van der Waals surface area contributed by atoms with Crippen molar-refractivity contribution >= 4 is 33.2 Å². The first-order valence-electron chi connectivity index (χ1n) is 9.19. The molecular weight excluding hydrogens is 428 g/mol. The SMILES string of the molecule is Cc1noc(CCCNC(=O)c2cccc(S(=O)(=O)N(C)c3cccc(Cl)c3)c2)n1. The Morgan fingerprint density at radius 2 is 1.97 bits per heavy atom. The fourth-order valence-electron chi connectivity index (χ4n) is 2.75. The lowest BCUT2D eigenvalue weighted by atomic mass is 10.2. The van der Waals surface area contributed by atoms with Crippen molar-refractivity contribution in [1.82, 2.24) is 15.5 Å². The van der Waals surface area contributed by atoms with Gasteiger partial charge in [-0.3, -0.25) is 9.10 Å². The number of rotatable bonds is 8. The number of aryl methyl sites for hydroxylation is 2. The van der Waals surface area contributed by atoms with E-state index >= 15 is 0 Å². The fourth-order valence-corrected chi connectivity index (χ4v) is 4.17. The van der Waals surface area contributed by atoms with Crippen LogP contribution < -0.4 is 9.62 Å². The van der Waals surface area contributed by atoms with E-state index in [1.807, 2.05) is 0 Å². The molecule has 2 aromatic carbocycles. The second-order valence-electron chi connectivity index (χ2n) is 6.58. The third kappa shape index (κ3) is 5.17. The molecule has 0 saturated heterocycles. The number of nitrogens with one attached hydrogen (secondary N) is 1. The molecule has 0 saturated carbocycles. The van der Waals surface area contributed by atoms with Gasteiger partial charge in [0.2, 0.25) is 5.89 Å². The van der Waals surface area contributed by atoms with Crippen LogP contribution in [0.3, 0.4) is 0 Å². The van der Waals surface area contributed by atoms with Crippen LogP contribution in [-0.4, -0.2) is 38.1 Å². The second-order valence-corrected chi connectivity index (χ2v) is 8.98. The van der Waals surface area contributed by atoms with Crippen molar-refractivity contribution in [3.8, 4) is 0 Å². The summed E-state index contributed by atoms with van der Waals surface area (Å²) in [6.07, 6.45) is 1.16. The summed E-state index contributed by atoms with van der Waals surface area (Å²) in [7, 11) is -2.42. The summed E-state index contributed by atoms with van der Waals surface area (Å²) >= 11 is 5.96. The quantitative estimate of drug-likeness (QED) is 0.530. The molecule has 10 heteroatoms. The largest absolute Gasteiger partial charge is 0.352 e. The van der Waals surface area contributed by atoms with E-state index in [-0.39, 0.29) is 16.4 Å². The molecule has 8 nitrogen and oxygen atoms in total. The first-order chi connectivity index (χ1) is 14.3. The lowest BCUT2D eigenvalue weighted by Gasteiger charge is -2.20. The predicted octanol–water partition coefficient (Wildman–Crippen LogP) is 3.22. The van der Waals surface area contributed by atoms with Gasteiger partial charge in [0.05, 0.1) is 10.6 Å². The van der Waals surface area contributed by atoms with Gasteiger partial charge < -0.3 is 9.84 Å². The molecule has 158 valence electrons. The minimum atomic E-state index is -3.86. The third-order valence-electron chi connectivity index (χ3n) is 4.35. The van der Waals surface area contributed by atoms with Crippen molar-refractivity contribution in [2.75, 3.05) is 17.9 Å². The molecule has 0 spiro atoms. The van der Waals surface area contributed by atoms with E-state index in [4.69, 9.17) is 16.1 Å². The molecule has 0 atom stereocenters. The Kier molecular flexibility index (Phi) is 6.73. The average Bonchev–Trinajstić information content (AvgIpc) is 3.15. The molecule has 3 aromatic rings. The topological polar surface area (TPSA) is 105 Å². The number of halogens is 1. The first-order valence-corrected chi connectivity index (χ1v) is 11.0. The molecule has 0 radical (unpaired) electrons. The molecule has 0 unspecified atom stereocenters. The lowest BCUT2D eigenvalue weighted by Crippen LogP contribution is -2.28. The molecule has 1 heterocycles. The highest BCUT2D eigenvalue weighted by molar-refractivity contribution is 7.92. The van der Waals surface area contributed by atoms with E-state index in [2.05, 4.69) is 15.5 Å². The van der Waals surface area contributed by atoms with E-state index in [1.165, 1.54) is 25.2 Å². The maximum absolute atomic E-state index is 13.0. The number of sulfonamides is 1. The van der Waals surface area contributed by atoms with Gasteiger partial charge in [0, 0.05) is 30.6 Å². The normalized spacial score (nSPS) is 11.3. The van der Waals surface area contributed by atoms with Crippen LogP contribution in [0.25, 0.3) is 0 Å². The zero-order chi connectivity index (χ0) is 21.7. The number of hydrogen-bond acceptors (Lipinski definition) is 6. The summed E-state index contributed by atoms with van der Waals surface area (Å²) in [5, 5.41) is 6.91. The molecular formula is C20H21ClN4O4S. The number of anilines is 1. The Morgan fingerprint density at radius 3 is 2.67 bits per heavy atom. The highest BCUT2D eigenvalue weighted by atomic mass is 35.5. The number of benzene rings is 2. The molecule has 0 bridgehead atoms. The summed E-state index contributed by atoms with van der Waals surface area (Å²) in [5.74, 6) is 0.716. The molecule has 1 N–H and O–H groups in total. The van der Waals surface area contributed by atoms with Gasteiger partial charge in [0.15, 0.2) is 5.82 Å². The molecule has 1 aromatic heterocycles. The van der Waals surface area contributed by atoms with E-state index in [0.29, 0.717) is 41.8 Å². The molecule has 30 heavy (non-hydrogen) atoms. The van der Waals surface area contributed by atoms with Gasteiger partial charge in [-0.2, -0.15) is 4.98 Å². The van der Waals surface area contributed by atoms with E-state index in [9.17, 15) is 13.2 Å². The Balaban J connectivity index is 1.66. The Labute approximate surface area is 179 Å². The van der Waals surface area contributed by atoms with Crippen LogP contribution in [0.4, 0.5) is 5.69 Å². The Morgan fingerprint density at radius 1 is 1.20 bits per heavy atom. The van der Waals surface area contributed by atoms with E-state index < -0.39 is 10.0 Å². The van der Waals surface area contributed by atoms with Crippen LogP contribution in [-0.2, 0) is 16.4 Å². The third-order valence-corrected chi connectivity index (χ3v) is 6.37. The summed E-state index contributed by atoms with van der Waals surface area (Å²) in [6.45, 7) is 2.12. The Bertz CT molecular complexity index is 1150. The van der Waals surface area contributed by atoms with Crippen LogP contribution in [0.15, 0.2) is 57.9 Å². The number of amides is 1. The second kappa shape index (κ2) is 9.27. The standard InChI is InChI=1S/C20H21ClN4O4S/c1-14-23-19(29-24-14)10-5-11-22-20(26)15-6-3-9-18(12-15)30(27,28)25(2)17-8-4-7-16(21)13-17/h3-4,6-9,12-13H,5,10-11H2,1-2H3,(H,22,26). The molecule has 1 amide bonds. The van der Waals surface area contributed by atoms with E-state index in [1.54, 1.807) is 37.3 Å². The maximum atomic E-state index is 13.0. The van der Waals surface area contributed by atoms with Gasteiger partial charge >= 0.3 is 0 Å². The van der Waals surface area contributed by atoms with Crippen molar-refractivity contribution in [2.24, 2.45) is 0 Å². The zero-order valence-corrected chi connectivity index (χ0v) is 18.1. The fraction of sp³-hybridized carbons (Fsp3) is 0.250. The number of carbonyl (C=O) groups is 1. The van der Waals surface area contributed by atoms with Crippen molar-refractivity contribution in [2.45, 2.75) is 24.7 Å². The van der Waals surface area contributed by atoms with Crippen molar-refractivity contribution in [3.05, 3.63) is 70.8 Å². The summed E-state index contributed by atoms with van der Waals surface area (Å²) in [5.41, 5.74) is 0.679. The maximum Gasteiger partial charge on any atom is 0.264 e. The first kappa shape index (κ1) is 21.8. The van der Waals surface area contributed by atoms with Gasteiger partial charge in [-0.15, -0.1) is 0 Å². The molecule has 3 rings (SSSR count). The molecule has 0 aliphatic heterocycles. The van der Waals surface area contributed by atoms with Gasteiger partial charge in [-0.25, -0.2) is 8.42 Å². The smallest absolute Gasteiger partial charge is 0.264 e. The van der Waals surface area contributed by atoms with Gasteiger partial charge in [0.1, 0.15) is 0 Å². The van der Waals surface area contributed by atoms with Crippen LogP contribution in [0, 0.1) is 6.92 Å². The van der Waals surface area contributed by atoms with Crippen LogP contribution in [0.1, 0.15) is 28.5 Å². The molecule has 0 aliphatic carbocycles. The monoisotopic (exact) mass is 448 g/mol. The predicted molar refractivity (Wildman–Crippen MR) is 113 cm³/mol. The van der Waals surface area contributed by atoms with Crippen molar-refractivity contribution in [1.29, 1.82) is 0 Å². The zero-order valence-electron chi connectivity index (χ0n) is 16.5. The van der Waals surface area contributed by atoms with Gasteiger partial charge in [0.25, 0.3) is 15.9 Å². The number of aromatic nitrogens is 2. The van der Waals surface area contributed by atoms with Crippen LogP contribution in [0.5, 0.6) is 0 Å². The summed E-state index contributed by atoms with van der Waals surface area (Å²) < 4.78 is 32.1. The highest BCUT2D eigenvalue weighted by Gasteiger charge is 2.22. The van der Waals surface area contributed by atoms with Crippen LogP contribution in [0.2, 0.25) is 5.02 Å². The number of nitrogens with zero attached hydrogens (tertiary/aromatic N) is 3. The van der Waals surface area contributed by atoms with Crippen LogP contribution >= 0.6 is 11.6 Å². The number of carbonyl (C=O) groups excluding carboxylic acids is 1. The van der Waals surface area contributed by atoms with Gasteiger partial charge in [-0.05, 0) is 49.7 Å².